The van der Waals surface area contributed by atoms with Crippen LogP contribution >= 0.6 is 0 Å². The van der Waals surface area contributed by atoms with Crippen LogP contribution in [-0.2, 0) is 0 Å². The second-order valence-corrected chi connectivity index (χ2v) is 5.80. The van der Waals surface area contributed by atoms with Crippen LogP contribution in [-0.4, -0.2) is 9.38 Å². The van der Waals surface area contributed by atoms with Crippen molar-refractivity contribution < 1.29 is 4.42 Å². The van der Waals surface area contributed by atoms with Crippen molar-refractivity contribution in [1.82, 2.24) is 9.38 Å². The molecule has 3 aromatic heterocycles. The van der Waals surface area contributed by atoms with Crippen LogP contribution in [0.1, 0.15) is 30.6 Å². The summed E-state index contributed by atoms with van der Waals surface area (Å²) in [7, 11) is 0. The number of pyridine rings is 1. The molecule has 0 amide bonds. The summed E-state index contributed by atoms with van der Waals surface area (Å²) in [6.07, 6.45) is 3.16. The Morgan fingerprint density at radius 1 is 1.35 bits per heavy atom. The zero-order valence-corrected chi connectivity index (χ0v) is 11.6. The van der Waals surface area contributed by atoms with Gasteiger partial charge >= 0.3 is 0 Å². The molecule has 102 valence electrons. The number of anilines is 1. The highest BCUT2D eigenvalue weighted by Gasteiger charge is 2.36. The van der Waals surface area contributed by atoms with E-state index in [0.717, 1.165) is 28.8 Å². The lowest BCUT2D eigenvalue weighted by atomic mass is 10.2. The molecule has 0 radical (unpaired) electrons. The van der Waals surface area contributed by atoms with Crippen molar-refractivity contribution in [3.05, 3.63) is 41.8 Å². The number of nitrogen functional groups attached to an aromatic ring is 1. The van der Waals surface area contributed by atoms with Crippen molar-refractivity contribution in [3.8, 4) is 11.5 Å². The van der Waals surface area contributed by atoms with Gasteiger partial charge in [-0.05, 0) is 49.1 Å². The highest BCUT2D eigenvalue weighted by atomic mass is 16.3. The van der Waals surface area contributed by atoms with E-state index in [2.05, 4.69) is 18.0 Å². The summed E-state index contributed by atoms with van der Waals surface area (Å²) in [4.78, 5) is 4.60. The number of nitrogens with two attached hydrogens (primary N) is 1. The van der Waals surface area contributed by atoms with Gasteiger partial charge in [0.05, 0.1) is 0 Å². The smallest absolute Gasteiger partial charge is 0.156 e. The Bertz CT molecular complexity index is 799. The zero-order chi connectivity index (χ0) is 13.9. The number of rotatable bonds is 2. The van der Waals surface area contributed by atoms with Crippen LogP contribution in [0.5, 0.6) is 0 Å². The lowest BCUT2D eigenvalue weighted by Gasteiger charge is -1.97. The van der Waals surface area contributed by atoms with Crippen molar-refractivity contribution in [2.75, 3.05) is 5.73 Å². The molecule has 1 fully saturated rings. The lowest BCUT2D eigenvalue weighted by molar-refractivity contribution is 0.517. The molecule has 4 nitrogen and oxygen atoms in total. The first kappa shape index (κ1) is 11.6. The van der Waals surface area contributed by atoms with E-state index in [1.165, 1.54) is 12.0 Å². The average molecular weight is 267 g/mol. The fourth-order valence-corrected chi connectivity index (χ4v) is 2.74. The van der Waals surface area contributed by atoms with Gasteiger partial charge in [0.25, 0.3) is 0 Å². The molecule has 3 aromatic rings. The summed E-state index contributed by atoms with van der Waals surface area (Å²) in [6.45, 7) is 4.29. The molecular formula is C16H17N3O. The predicted molar refractivity (Wildman–Crippen MR) is 78.6 cm³/mol. The van der Waals surface area contributed by atoms with Crippen molar-refractivity contribution in [1.29, 1.82) is 0 Å². The van der Waals surface area contributed by atoms with Crippen LogP contribution in [0.4, 0.5) is 5.82 Å². The monoisotopic (exact) mass is 267 g/mol. The van der Waals surface area contributed by atoms with E-state index in [1.807, 2.05) is 35.7 Å². The number of hydrogen-bond acceptors (Lipinski definition) is 3. The van der Waals surface area contributed by atoms with E-state index in [9.17, 15) is 0 Å². The maximum atomic E-state index is 6.19. The Labute approximate surface area is 117 Å². The molecule has 20 heavy (non-hydrogen) atoms. The van der Waals surface area contributed by atoms with E-state index in [0.29, 0.717) is 11.7 Å². The molecule has 4 rings (SSSR count). The second-order valence-electron chi connectivity index (χ2n) is 5.80. The summed E-state index contributed by atoms with van der Waals surface area (Å²) in [5, 5.41) is 0. The van der Waals surface area contributed by atoms with Gasteiger partial charge in [-0.15, -0.1) is 0 Å². The first-order chi connectivity index (χ1) is 9.63. The highest BCUT2D eigenvalue weighted by molar-refractivity contribution is 5.72. The fourth-order valence-electron chi connectivity index (χ4n) is 2.74. The minimum Gasteiger partial charge on any atom is -0.459 e. The molecule has 2 atom stereocenters. The Morgan fingerprint density at radius 2 is 2.15 bits per heavy atom. The standard InChI is InChI=1S/C16H17N3O/c1-9-5-6-19-14(7-9)18-15(16(19)17)13-4-3-12(20-13)11-8-10(11)2/h3-7,10-11H,8,17H2,1-2H3. The largest absolute Gasteiger partial charge is 0.459 e. The lowest BCUT2D eigenvalue weighted by Crippen LogP contribution is -1.93. The Hall–Kier alpha value is -2.23. The van der Waals surface area contributed by atoms with Gasteiger partial charge in [0.1, 0.15) is 22.9 Å². The number of furan rings is 1. The number of aromatic nitrogens is 2. The van der Waals surface area contributed by atoms with Gasteiger partial charge in [-0.3, -0.25) is 4.40 Å². The average Bonchev–Trinajstić information content (AvgIpc) is 2.87. The summed E-state index contributed by atoms with van der Waals surface area (Å²) in [6, 6.07) is 8.07. The molecule has 3 heterocycles. The van der Waals surface area contributed by atoms with Crippen LogP contribution in [0.25, 0.3) is 17.1 Å². The van der Waals surface area contributed by atoms with Gasteiger partial charge in [-0.1, -0.05) is 6.92 Å². The number of nitrogens with zero attached hydrogens (tertiary/aromatic N) is 2. The van der Waals surface area contributed by atoms with Crippen molar-refractivity contribution >= 4 is 11.5 Å². The summed E-state index contributed by atoms with van der Waals surface area (Å²) < 4.78 is 7.84. The molecule has 4 heteroatoms. The molecule has 0 aromatic carbocycles. The normalized spacial score (nSPS) is 21.5. The van der Waals surface area contributed by atoms with Gasteiger partial charge in [0.15, 0.2) is 5.76 Å². The van der Waals surface area contributed by atoms with Crippen LogP contribution < -0.4 is 5.73 Å². The molecule has 0 aliphatic heterocycles. The predicted octanol–water partition coefficient (Wildman–Crippen LogP) is 3.61. The maximum absolute atomic E-state index is 6.19. The first-order valence-corrected chi connectivity index (χ1v) is 6.98. The molecule has 1 aliphatic carbocycles. The topological polar surface area (TPSA) is 56.5 Å². The van der Waals surface area contributed by atoms with E-state index in [-0.39, 0.29) is 0 Å². The quantitative estimate of drug-likeness (QED) is 0.771. The van der Waals surface area contributed by atoms with Gasteiger partial charge in [0, 0.05) is 12.1 Å². The molecule has 1 saturated carbocycles. The SMILES string of the molecule is Cc1ccn2c(N)c(-c3ccc(C4CC4C)o3)nc2c1. The number of hydrogen-bond donors (Lipinski definition) is 1. The third-order valence-corrected chi connectivity index (χ3v) is 4.15. The van der Waals surface area contributed by atoms with Gasteiger partial charge < -0.3 is 10.2 Å². The van der Waals surface area contributed by atoms with Gasteiger partial charge in [-0.2, -0.15) is 0 Å². The van der Waals surface area contributed by atoms with Crippen LogP contribution in [0, 0.1) is 12.8 Å². The zero-order valence-electron chi connectivity index (χ0n) is 11.6. The highest BCUT2D eigenvalue weighted by Crippen LogP contribution is 2.48. The number of aryl methyl sites for hydroxylation is 1. The van der Waals surface area contributed by atoms with Crippen molar-refractivity contribution in [2.24, 2.45) is 5.92 Å². The molecule has 1 aliphatic rings. The Morgan fingerprint density at radius 3 is 2.90 bits per heavy atom. The molecule has 0 saturated heterocycles. The number of imidazole rings is 1. The van der Waals surface area contributed by atoms with Crippen molar-refractivity contribution in [2.45, 2.75) is 26.2 Å². The number of fused-ring (bicyclic) bond motifs is 1. The minimum absolute atomic E-state index is 0.573. The van der Waals surface area contributed by atoms with Crippen LogP contribution in [0.2, 0.25) is 0 Å². The summed E-state index contributed by atoms with van der Waals surface area (Å²) in [5.74, 6) is 3.75. The van der Waals surface area contributed by atoms with Crippen molar-refractivity contribution in [3.63, 3.8) is 0 Å². The van der Waals surface area contributed by atoms with E-state index in [4.69, 9.17) is 10.2 Å². The Kier molecular flexibility index (Phi) is 2.25. The van der Waals surface area contributed by atoms with E-state index in [1.54, 1.807) is 0 Å². The van der Waals surface area contributed by atoms with Gasteiger partial charge in [0.2, 0.25) is 0 Å². The molecule has 2 unspecified atom stereocenters. The summed E-state index contributed by atoms with van der Waals surface area (Å²) >= 11 is 0. The minimum atomic E-state index is 0.573. The van der Waals surface area contributed by atoms with E-state index >= 15 is 0 Å². The third-order valence-electron chi connectivity index (χ3n) is 4.15. The Balaban J connectivity index is 1.81. The third kappa shape index (κ3) is 1.64. The second kappa shape index (κ2) is 3.88. The fraction of sp³-hybridized carbons (Fsp3) is 0.312. The molecular weight excluding hydrogens is 250 g/mol. The maximum Gasteiger partial charge on any atom is 0.156 e. The van der Waals surface area contributed by atoms with Crippen LogP contribution in [0.3, 0.4) is 0 Å². The molecule has 0 bridgehead atoms. The van der Waals surface area contributed by atoms with E-state index < -0.39 is 0 Å². The van der Waals surface area contributed by atoms with Crippen LogP contribution in [0.15, 0.2) is 34.9 Å². The summed E-state index contributed by atoms with van der Waals surface area (Å²) in [5.41, 5.74) is 8.95. The first-order valence-electron chi connectivity index (χ1n) is 6.98. The molecule has 0 spiro atoms. The van der Waals surface area contributed by atoms with Gasteiger partial charge in [-0.25, -0.2) is 4.98 Å². The molecule has 2 N–H and O–H groups in total.